The molecule has 0 saturated heterocycles. The number of nitrogens with two attached hydrogens (primary N) is 1. The van der Waals surface area contributed by atoms with Crippen LogP contribution in [0.4, 0.5) is 22.9 Å². The molecule has 33 heavy (non-hydrogen) atoms. The van der Waals surface area contributed by atoms with E-state index in [0.29, 0.717) is 34.2 Å². The van der Waals surface area contributed by atoms with Gasteiger partial charge in [0, 0.05) is 38.8 Å². The zero-order valence-electron chi connectivity index (χ0n) is 18.2. The predicted octanol–water partition coefficient (Wildman–Crippen LogP) is 1.79. The number of para-hydroxylation sites is 1. The summed E-state index contributed by atoms with van der Waals surface area (Å²) < 4.78 is 5.45. The molecule has 6 N–H and O–H groups in total. The van der Waals surface area contributed by atoms with Crippen molar-refractivity contribution in [1.82, 2.24) is 20.6 Å². The van der Waals surface area contributed by atoms with Gasteiger partial charge >= 0.3 is 0 Å². The fourth-order valence-electron chi connectivity index (χ4n) is 3.09. The molecule has 0 saturated carbocycles. The summed E-state index contributed by atoms with van der Waals surface area (Å²) in [7, 11) is 4.47. The molecule has 0 fully saturated rings. The summed E-state index contributed by atoms with van der Waals surface area (Å²) in [4.78, 5) is 44.5. The number of pyridine rings is 2. The van der Waals surface area contributed by atoms with E-state index in [1.165, 1.54) is 39.8 Å². The van der Waals surface area contributed by atoms with Gasteiger partial charge in [0.1, 0.15) is 5.82 Å². The molecule has 3 aromatic rings. The minimum Gasteiger partial charge on any atom is -0.494 e. The number of hydrogen-bond donors (Lipinski definition) is 5. The average molecular weight is 449 g/mol. The Bertz CT molecular complexity index is 1210. The number of amides is 3. The Morgan fingerprint density at radius 2 is 1.61 bits per heavy atom. The number of rotatable bonds is 8. The third kappa shape index (κ3) is 4.98. The van der Waals surface area contributed by atoms with Gasteiger partial charge in [-0.1, -0.05) is 6.07 Å². The number of methoxy groups -OCH3 is 1. The van der Waals surface area contributed by atoms with Crippen molar-refractivity contribution in [2.24, 2.45) is 5.73 Å². The first-order valence-electron chi connectivity index (χ1n) is 9.78. The first-order chi connectivity index (χ1) is 15.9. The van der Waals surface area contributed by atoms with Crippen LogP contribution >= 0.6 is 0 Å². The Labute approximate surface area is 189 Å². The molecule has 3 rings (SSSR count). The number of carbonyl (C=O) groups excluding carboxylic acids is 3. The molecule has 0 spiro atoms. The van der Waals surface area contributed by atoms with Crippen molar-refractivity contribution in [2.45, 2.75) is 0 Å². The summed E-state index contributed by atoms with van der Waals surface area (Å²) >= 11 is 0. The molecule has 0 unspecified atom stereocenters. The van der Waals surface area contributed by atoms with Gasteiger partial charge < -0.3 is 31.7 Å². The largest absolute Gasteiger partial charge is 0.494 e. The van der Waals surface area contributed by atoms with E-state index in [0.717, 1.165) is 0 Å². The third-order valence-corrected chi connectivity index (χ3v) is 4.69. The molecule has 0 aliphatic heterocycles. The molecular formula is C22H23N7O4. The minimum atomic E-state index is -0.651. The zero-order chi connectivity index (χ0) is 24.0. The number of nitrogens with zero attached hydrogens (tertiary/aromatic N) is 2. The van der Waals surface area contributed by atoms with Crippen molar-refractivity contribution >= 4 is 40.6 Å². The number of nitrogens with one attached hydrogen (secondary N) is 4. The molecular weight excluding hydrogens is 426 g/mol. The van der Waals surface area contributed by atoms with Crippen LogP contribution in [0.3, 0.4) is 0 Å². The fourth-order valence-corrected chi connectivity index (χ4v) is 3.09. The number of primary amides is 1. The van der Waals surface area contributed by atoms with Gasteiger partial charge in [0.05, 0.1) is 40.9 Å². The summed E-state index contributed by atoms with van der Waals surface area (Å²) in [6.07, 6.45) is 4.23. The molecule has 3 amide bonds. The lowest BCUT2D eigenvalue weighted by atomic mass is 10.1. The average Bonchev–Trinajstić information content (AvgIpc) is 2.83. The topological polar surface area (TPSA) is 160 Å². The van der Waals surface area contributed by atoms with Crippen LogP contribution in [0.1, 0.15) is 31.1 Å². The molecule has 0 aliphatic carbocycles. The Hall–Kier alpha value is -4.67. The van der Waals surface area contributed by atoms with Crippen LogP contribution in [0.5, 0.6) is 5.75 Å². The minimum absolute atomic E-state index is 0.184. The smallest absolute Gasteiger partial charge is 0.254 e. The highest BCUT2D eigenvalue weighted by Gasteiger charge is 2.18. The van der Waals surface area contributed by atoms with Crippen LogP contribution in [-0.2, 0) is 0 Å². The maximum atomic E-state index is 12.4. The summed E-state index contributed by atoms with van der Waals surface area (Å²) in [6, 6.07) is 8.18. The second kappa shape index (κ2) is 10.1. The van der Waals surface area contributed by atoms with Gasteiger partial charge in [0.2, 0.25) is 0 Å². The van der Waals surface area contributed by atoms with Crippen molar-refractivity contribution in [1.29, 1.82) is 0 Å². The number of hydrogen-bond acceptors (Lipinski definition) is 8. The van der Waals surface area contributed by atoms with Crippen molar-refractivity contribution < 1.29 is 19.1 Å². The van der Waals surface area contributed by atoms with E-state index in [1.54, 1.807) is 30.3 Å². The van der Waals surface area contributed by atoms with Crippen LogP contribution in [0.25, 0.3) is 0 Å². The third-order valence-electron chi connectivity index (χ3n) is 4.69. The highest BCUT2D eigenvalue weighted by atomic mass is 16.5. The van der Waals surface area contributed by atoms with Crippen molar-refractivity contribution in [3.05, 3.63) is 65.6 Å². The van der Waals surface area contributed by atoms with Gasteiger partial charge in [-0.15, -0.1) is 0 Å². The molecule has 11 nitrogen and oxygen atoms in total. The SMILES string of the molecule is CNC(=O)c1cnc(Nc2ccncc2C(N)=O)cc1Nc1cccc(C(=O)NC)c1OC. The molecule has 0 radical (unpaired) electrons. The van der Waals surface area contributed by atoms with Gasteiger partial charge in [-0.2, -0.15) is 0 Å². The van der Waals surface area contributed by atoms with Crippen LogP contribution < -0.4 is 31.7 Å². The van der Waals surface area contributed by atoms with E-state index >= 15 is 0 Å². The molecule has 11 heteroatoms. The zero-order valence-corrected chi connectivity index (χ0v) is 18.2. The number of aromatic nitrogens is 2. The van der Waals surface area contributed by atoms with E-state index < -0.39 is 5.91 Å². The van der Waals surface area contributed by atoms with Gasteiger partial charge in [0.25, 0.3) is 17.7 Å². The normalized spacial score (nSPS) is 10.2. The molecule has 0 bridgehead atoms. The lowest BCUT2D eigenvalue weighted by Gasteiger charge is -2.17. The monoisotopic (exact) mass is 449 g/mol. The van der Waals surface area contributed by atoms with Crippen LogP contribution in [0, 0.1) is 0 Å². The first kappa shape index (κ1) is 23.0. The molecule has 2 heterocycles. The van der Waals surface area contributed by atoms with Crippen molar-refractivity contribution in [3.63, 3.8) is 0 Å². The number of ether oxygens (including phenoxy) is 1. The molecule has 0 atom stereocenters. The second-order valence-electron chi connectivity index (χ2n) is 6.70. The van der Waals surface area contributed by atoms with E-state index in [1.807, 2.05) is 0 Å². The highest BCUT2D eigenvalue weighted by Crippen LogP contribution is 2.33. The maximum Gasteiger partial charge on any atom is 0.254 e. The van der Waals surface area contributed by atoms with E-state index in [9.17, 15) is 14.4 Å². The van der Waals surface area contributed by atoms with Crippen molar-refractivity contribution in [2.75, 3.05) is 31.8 Å². The summed E-state index contributed by atoms with van der Waals surface area (Å²) in [5.74, 6) is -0.714. The number of anilines is 4. The van der Waals surface area contributed by atoms with Gasteiger partial charge in [-0.05, 0) is 18.2 Å². The number of benzene rings is 1. The van der Waals surface area contributed by atoms with E-state index in [2.05, 4.69) is 31.2 Å². The summed E-state index contributed by atoms with van der Waals surface area (Å²) in [5, 5.41) is 11.3. The van der Waals surface area contributed by atoms with Gasteiger partial charge in [-0.25, -0.2) is 4.98 Å². The standard InChI is InChI=1S/C22H23N7O4/c1-24-21(31)12-5-4-6-16(19(12)33-3)28-17-9-18(27-11-14(17)22(32)25-2)29-15-7-8-26-10-13(15)20(23)30/h4-11H,1-3H3,(H2,23,30)(H,24,31)(H,25,32)(H2,26,27,28,29). The lowest BCUT2D eigenvalue weighted by Crippen LogP contribution is -2.20. The quantitative estimate of drug-likeness (QED) is 0.348. The lowest BCUT2D eigenvalue weighted by molar-refractivity contribution is 0.0953. The van der Waals surface area contributed by atoms with E-state index in [4.69, 9.17) is 10.5 Å². The van der Waals surface area contributed by atoms with Crippen LogP contribution in [-0.4, -0.2) is 48.9 Å². The highest BCUT2D eigenvalue weighted by molar-refractivity contribution is 6.02. The Morgan fingerprint density at radius 3 is 2.27 bits per heavy atom. The maximum absolute atomic E-state index is 12.4. The Kier molecular flexibility index (Phi) is 7.03. The number of carbonyl (C=O) groups is 3. The Morgan fingerprint density at radius 1 is 0.879 bits per heavy atom. The fraction of sp³-hybridized carbons (Fsp3) is 0.136. The molecule has 170 valence electrons. The molecule has 2 aromatic heterocycles. The predicted molar refractivity (Wildman–Crippen MR) is 123 cm³/mol. The second-order valence-corrected chi connectivity index (χ2v) is 6.70. The molecule has 1 aromatic carbocycles. The first-order valence-corrected chi connectivity index (χ1v) is 9.78. The van der Waals surface area contributed by atoms with Crippen molar-refractivity contribution in [3.8, 4) is 5.75 Å². The Balaban J connectivity index is 2.05. The van der Waals surface area contributed by atoms with Gasteiger partial charge in [-0.3, -0.25) is 19.4 Å². The van der Waals surface area contributed by atoms with E-state index in [-0.39, 0.29) is 22.9 Å². The summed E-state index contributed by atoms with van der Waals surface area (Å²) in [6.45, 7) is 0. The van der Waals surface area contributed by atoms with Crippen LogP contribution in [0.15, 0.2) is 48.9 Å². The molecule has 0 aliphatic rings. The van der Waals surface area contributed by atoms with Gasteiger partial charge in [0.15, 0.2) is 5.75 Å². The summed E-state index contributed by atoms with van der Waals surface area (Å²) in [5.41, 5.74) is 7.42. The van der Waals surface area contributed by atoms with Crippen LogP contribution in [0.2, 0.25) is 0 Å².